The van der Waals surface area contributed by atoms with Crippen LogP contribution >= 0.6 is 34.8 Å². The van der Waals surface area contributed by atoms with Gasteiger partial charge in [-0.15, -0.1) is 0 Å². The summed E-state index contributed by atoms with van der Waals surface area (Å²) in [6.45, 7) is 1.01. The third-order valence-electron chi connectivity index (χ3n) is 3.01. The minimum atomic E-state index is -0.907. The van der Waals surface area contributed by atoms with E-state index in [0.717, 1.165) is 0 Å². The molecule has 2 aromatic carbocycles. The summed E-state index contributed by atoms with van der Waals surface area (Å²) in [4.78, 5) is 23.8. The van der Waals surface area contributed by atoms with Gasteiger partial charge in [-0.1, -0.05) is 46.9 Å². The number of esters is 1. The molecule has 1 amide bonds. The number of carbonyl (C=O) groups excluding carboxylic acids is 2. The zero-order valence-electron chi connectivity index (χ0n) is 13.1. The lowest BCUT2D eigenvalue weighted by Gasteiger charge is -2.14. The zero-order valence-corrected chi connectivity index (χ0v) is 15.4. The Balaban J connectivity index is 1.85. The molecule has 2 aromatic rings. The molecule has 5 nitrogen and oxygen atoms in total. The highest BCUT2D eigenvalue weighted by molar-refractivity contribution is 6.39. The average molecular weight is 403 g/mol. The maximum atomic E-state index is 11.9. The van der Waals surface area contributed by atoms with E-state index in [1.807, 2.05) is 0 Å². The van der Waals surface area contributed by atoms with Crippen LogP contribution in [0.5, 0.6) is 5.75 Å². The number of nitrogens with one attached hydrogen (secondary N) is 1. The van der Waals surface area contributed by atoms with Crippen LogP contribution in [0.1, 0.15) is 6.92 Å². The molecule has 25 heavy (non-hydrogen) atoms. The van der Waals surface area contributed by atoms with Gasteiger partial charge in [-0.2, -0.15) is 0 Å². The van der Waals surface area contributed by atoms with Gasteiger partial charge in [0.2, 0.25) is 0 Å². The van der Waals surface area contributed by atoms with Crippen molar-refractivity contribution in [1.29, 1.82) is 0 Å². The second-order valence-corrected chi connectivity index (χ2v) is 6.22. The Morgan fingerprint density at radius 3 is 2.36 bits per heavy atom. The number of hydrogen-bond donors (Lipinski definition) is 1. The molecule has 1 unspecified atom stereocenters. The number of carbonyl (C=O) groups is 2. The first kappa shape index (κ1) is 19.4. The van der Waals surface area contributed by atoms with Gasteiger partial charge >= 0.3 is 5.97 Å². The lowest BCUT2D eigenvalue weighted by molar-refractivity contribution is -0.153. The molecular formula is C17H14Cl3NO4. The van der Waals surface area contributed by atoms with E-state index in [1.54, 1.807) is 42.5 Å². The van der Waals surface area contributed by atoms with Crippen molar-refractivity contribution in [3.8, 4) is 5.75 Å². The Bertz CT molecular complexity index is 762. The van der Waals surface area contributed by atoms with Gasteiger partial charge in [0.25, 0.3) is 5.91 Å². The number of halogens is 3. The predicted octanol–water partition coefficient (Wildman–Crippen LogP) is 4.60. The van der Waals surface area contributed by atoms with Crippen molar-refractivity contribution in [3.63, 3.8) is 0 Å². The normalized spacial score (nSPS) is 11.5. The molecule has 0 radical (unpaired) electrons. The molecule has 0 aliphatic heterocycles. The molecule has 132 valence electrons. The van der Waals surface area contributed by atoms with Gasteiger partial charge < -0.3 is 14.8 Å². The fraction of sp³-hybridized carbons (Fsp3) is 0.176. The monoisotopic (exact) mass is 401 g/mol. The van der Waals surface area contributed by atoms with Crippen LogP contribution in [0, 0.1) is 0 Å². The molecule has 2 rings (SSSR count). The first-order valence-electron chi connectivity index (χ1n) is 7.19. The summed E-state index contributed by atoms with van der Waals surface area (Å²) in [7, 11) is 0. The smallest absolute Gasteiger partial charge is 0.347 e. The van der Waals surface area contributed by atoms with Gasteiger partial charge in [0.15, 0.2) is 12.7 Å². The molecule has 0 aliphatic rings. The van der Waals surface area contributed by atoms with E-state index in [4.69, 9.17) is 44.3 Å². The van der Waals surface area contributed by atoms with Crippen molar-refractivity contribution in [3.05, 3.63) is 57.5 Å². The van der Waals surface area contributed by atoms with Gasteiger partial charge in [0.1, 0.15) is 5.75 Å². The van der Waals surface area contributed by atoms with E-state index >= 15 is 0 Å². The van der Waals surface area contributed by atoms with Crippen LogP contribution in [-0.2, 0) is 14.3 Å². The Hall–Kier alpha value is -1.95. The Labute approximate surface area is 159 Å². The van der Waals surface area contributed by atoms with Crippen molar-refractivity contribution in [2.45, 2.75) is 13.0 Å². The number of para-hydroxylation sites is 1. The highest BCUT2D eigenvalue weighted by Crippen LogP contribution is 2.29. The molecule has 0 saturated carbocycles. The molecule has 8 heteroatoms. The summed E-state index contributed by atoms with van der Waals surface area (Å²) in [5.74, 6) is -0.845. The topological polar surface area (TPSA) is 64.6 Å². The number of amides is 1. The highest BCUT2D eigenvalue weighted by Gasteiger charge is 2.18. The summed E-state index contributed by atoms with van der Waals surface area (Å²) in [6.07, 6.45) is -0.907. The van der Waals surface area contributed by atoms with Crippen LogP contribution in [0.2, 0.25) is 15.1 Å². The number of benzene rings is 2. The first-order valence-corrected chi connectivity index (χ1v) is 8.33. The number of anilines is 1. The summed E-state index contributed by atoms with van der Waals surface area (Å²) in [5.41, 5.74) is 0.259. The Morgan fingerprint density at radius 2 is 1.72 bits per heavy atom. The SMILES string of the molecule is CC(Oc1cccc(Cl)c1)C(=O)OCC(=O)Nc1c(Cl)cccc1Cl. The maximum absolute atomic E-state index is 11.9. The van der Waals surface area contributed by atoms with E-state index < -0.39 is 24.6 Å². The zero-order chi connectivity index (χ0) is 18.4. The fourth-order valence-electron chi connectivity index (χ4n) is 1.84. The Morgan fingerprint density at radius 1 is 1.08 bits per heavy atom. The van der Waals surface area contributed by atoms with Gasteiger partial charge in [0.05, 0.1) is 15.7 Å². The quantitative estimate of drug-likeness (QED) is 0.717. The van der Waals surface area contributed by atoms with Gasteiger partial charge in [0, 0.05) is 5.02 Å². The van der Waals surface area contributed by atoms with Crippen molar-refractivity contribution < 1.29 is 19.1 Å². The minimum Gasteiger partial charge on any atom is -0.479 e. The van der Waals surface area contributed by atoms with Crippen LogP contribution in [-0.4, -0.2) is 24.6 Å². The van der Waals surface area contributed by atoms with Gasteiger partial charge in [-0.05, 0) is 37.3 Å². The van der Waals surface area contributed by atoms with Crippen LogP contribution in [0.4, 0.5) is 5.69 Å². The van der Waals surface area contributed by atoms with Crippen molar-refractivity contribution in [2.75, 3.05) is 11.9 Å². The molecule has 0 aromatic heterocycles. The summed E-state index contributed by atoms with van der Waals surface area (Å²) < 4.78 is 10.3. The summed E-state index contributed by atoms with van der Waals surface area (Å²) in [5, 5.41) is 3.54. The van der Waals surface area contributed by atoms with Crippen LogP contribution < -0.4 is 10.1 Å². The average Bonchev–Trinajstić information content (AvgIpc) is 2.56. The lowest BCUT2D eigenvalue weighted by atomic mass is 10.3. The summed E-state index contributed by atoms with van der Waals surface area (Å²) >= 11 is 17.7. The largest absolute Gasteiger partial charge is 0.479 e. The van der Waals surface area contributed by atoms with Crippen LogP contribution in [0.15, 0.2) is 42.5 Å². The van der Waals surface area contributed by atoms with E-state index in [-0.39, 0.29) is 15.7 Å². The van der Waals surface area contributed by atoms with Crippen LogP contribution in [0.3, 0.4) is 0 Å². The Kier molecular flexibility index (Phi) is 6.93. The first-order chi connectivity index (χ1) is 11.9. The molecular weight excluding hydrogens is 389 g/mol. The van der Waals surface area contributed by atoms with Crippen molar-refractivity contribution >= 4 is 52.4 Å². The molecule has 1 N–H and O–H groups in total. The number of rotatable bonds is 6. The lowest BCUT2D eigenvalue weighted by Crippen LogP contribution is -2.29. The third kappa shape index (κ3) is 5.81. The van der Waals surface area contributed by atoms with Crippen molar-refractivity contribution in [1.82, 2.24) is 0 Å². The molecule has 0 spiro atoms. The molecule has 0 aliphatic carbocycles. The second-order valence-electron chi connectivity index (χ2n) is 4.97. The van der Waals surface area contributed by atoms with E-state index in [9.17, 15) is 9.59 Å². The minimum absolute atomic E-state index is 0.259. The van der Waals surface area contributed by atoms with Gasteiger partial charge in [-0.25, -0.2) is 4.79 Å². The van der Waals surface area contributed by atoms with Crippen LogP contribution in [0.25, 0.3) is 0 Å². The number of hydrogen-bond acceptors (Lipinski definition) is 4. The highest BCUT2D eigenvalue weighted by atomic mass is 35.5. The third-order valence-corrected chi connectivity index (χ3v) is 3.88. The molecule has 0 heterocycles. The summed E-state index contributed by atoms with van der Waals surface area (Å²) in [6, 6.07) is 11.4. The molecule has 0 saturated heterocycles. The van der Waals surface area contributed by atoms with E-state index in [2.05, 4.69) is 5.32 Å². The van der Waals surface area contributed by atoms with Gasteiger partial charge in [-0.3, -0.25) is 4.79 Å². The standard InChI is InChI=1S/C17H14Cl3NO4/c1-10(25-12-5-2-4-11(18)8-12)17(23)24-9-15(22)21-16-13(19)6-3-7-14(16)20/h2-8,10H,9H2,1H3,(H,21,22). The maximum Gasteiger partial charge on any atom is 0.347 e. The van der Waals surface area contributed by atoms with Crippen molar-refractivity contribution in [2.24, 2.45) is 0 Å². The molecule has 1 atom stereocenters. The van der Waals surface area contributed by atoms with E-state index in [0.29, 0.717) is 10.8 Å². The number of ether oxygens (including phenoxy) is 2. The molecule has 0 fully saturated rings. The van der Waals surface area contributed by atoms with E-state index in [1.165, 1.54) is 6.92 Å². The predicted molar refractivity (Wildman–Crippen MR) is 97.6 cm³/mol. The molecule has 0 bridgehead atoms. The fourth-order valence-corrected chi connectivity index (χ4v) is 2.51. The second kappa shape index (κ2) is 8.94.